The Morgan fingerprint density at radius 1 is 1.17 bits per heavy atom. The van der Waals surface area contributed by atoms with Crippen molar-refractivity contribution in [2.24, 2.45) is 5.10 Å². The Labute approximate surface area is 177 Å². The second-order valence-electron chi connectivity index (χ2n) is 5.74. The third-order valence-corrected chi connectivity index (χ3v) is 4.12. The molecule has 2 aromatic carbocycles. The molecular weight excluding hydrogens is 438 g/mol. The molecule has 0 aliphatic heterocycles. The molecule has 29 heavy (non-hydrogen) atoms. The Hall–Kier alpha value is -3.31. The lowest BCUT2D eigenvalue weighted by atomic mass is 10.2. The van der Waals surface area contributed by atoms with E-state index in [-0.39, 0.29) is 31.3 Å². The van der Waals surface area contributed by atoms with Crippen LogP contribution in [0.3, 0.4) is 0 Å². The van der Waals surface area contributed by atoms with Gasteiger partial charge in [0.25, 0.3) is 0 Å². The molecule has 0 unspecified atom stereocenters. The molecule has 0 aromatic heterocycles. The average Bonchev–Trinajstić information content (AvgIpc) is 2.72. The highest BCUT2D eigenvalue weighted by atomic mass is 79.9. The molecule has 0 aliphatic carbocycles. The fourth-order valence-electron chi connectivity index (χ4n) is 2.23. The summed E-state index contributed by atoms with van der Waals surface area (Å²) in [5, 5.41) is 6.62. The second-order valence-corrected chi connectivity index (χ2v) is 6.66. The topological polar surface area (TPSA) is 89.0 Å². The monoisotopic (exact) mass is 457 g/mol. The minimum atomic E-state index is -0.382. The molecule has 2 aromatic rings. The van der Waals surface area contributed by atoms with E-state index in [9.17, 15) is 9.59 Å². The smallest absolute Gasteiger partial charge is 0.240 e. The molecule has 0 atom stereocenters. The molecule has 7 nitrogen and oxygen atoms in total. The number of hydrogen-bond acceptors (Lipinski definition) is 5. The Kier molecular flexibility index (Phi) is 8.73. The van der Waals surface area contributed by atoms with Gasteiger partial charge in [0.1, 0.15) is 18.1 Å². The number of halogens is 1. The first-order valence-corrected chi connectivity index (χ1v) is 9.42. The Morgan fingerprint density at radius 2 is 1.90 bits per heavy atom. The predicted octanol–water partition coefficient (Wildman–Crippen LogP) is 3.34. The van der Waals surface area contributed by atoms with E-state index in [0.717, 1.165) is 4.47 Å². The zero-order valence-corrected chi connectivity index (χ0v) is 17.4. The SMILES string of the molecule is C#CCOc1ccc(Br)cc1C=NNC(=O)CCC(=O)Nc1ccc(OC)cc1. The van der Waals surface area contributed by atoms with Crippen LogP contribution in [0.2, 0.25) is 0 Å². The summed E-state index contributed by atoms with van der Waals surface area (Å²) in [6, 6.07) is 12.3. The van der Waals surface area contributed by atoms with Gasteiger partial charge in [0.15, 0.2) is 0 Å². The van der Waals surface area contributed by atoms with E-state index in [4.69, 9.17) is 15.9 Å². The van der Waals surface area contributed by atoms with Gasteiger partial charge in [-0.25, -0.2) is 5.43 Å². The highest BCUT2D eigenvalue weighted by Crippen LogP contribution is 2.21. The van der Waals surface area contributed by atoms with Gasteiger partial charge in [-0.2, -0.15) is 5.10 Å². The van der Waals surface area contributed by atoms with Gasteiger partial charge in [0, 0.05) is 28.6 Å². The molecule has 0 fully saturated rings. The number of ether oxygens (including phenoxy) is 2. The Morgan fingerprint density at radius 3 is 2.59 bits per heavy atom. The van der Waals surface area contributed by atoms with Crippen molar-refractivity contribution in [3.63, 3.8) is 0 Å². The summed E-state index contributed by atoms with van der Waals surface area (Å²) >= 11 is 3.36. The van der Waals surface area contributed by atoms with Gasteiger partial charge in [0.2, 0.25) is 11.8 Å². The Balaban J connectivity index is 1.81. The largest absolute Gasteiger partial charge is 0.497 e. The average molecular weight is 458 g/mol. The van der Waals surface area contributed by atoms with Crippen LogP contribution in [0.5, 0.6) is 11.5 Å². The van der Waals surface area contributed by atoms with Gasteiger partial charge < -0.3 is 14.8 Å². The molecule has 8 heteroatoms. The number of benzene rings is 2. The number of methoxy groups -OCH3 is 1. The lowest BCUT2D eigenvalue weighted by Gasteiger charge is -2.07. The van der Waals surface area contributed by atoms with Crippen molar-refractivity contribution < 1.29 is 19.1 Å². The number of hydrazone groups is 1. The van der Waals surface area contributed by atoms with Crippen LogP contribution < -0.4 is 20.2 Å². The van der Waals surface area contributed by atoms with E-state index in [2.05, 4.69) is 37.7 Å². The number of hydrogen-bond donors (Lipinski definition) is 2. The molecule has 150 valence electrons. The minimum Gasteiger partial charge on any atom is -0.497 e. The fourth-order valence-corrected chi connectivity index (χ4v) is 2.60. The van der Waals surface area contributed by atoms with Crippen molar-refractivity contribution in [2.45, 2.75) is 12.8 Å². The molecule has 0 radical (unpaired) electrons. The van der Waals surface area contributed by atoms with Crippen LogP contribution in [0, 0.1) is 12.3 Å². The number of nitrogens with one attached hydrogen (secondary N) is 2. The highest BCUT2D eigenvalue weighted by molar-refractivity contribution is 9.10. The van der Waals surface area contributed by atoms with Crippen molar-refractivity contribution in [3.8, 4) is 23.8 Å². The third kappa shape index (κ3) is 7.68. The summed E-state index contributed by atoms with van der Waals surface area (Å²) in [5.74, 6) is 2.97. The highest BCUT2D eigenvalue weighted by Gasteiger charge is 2.07. The fraction of sp³-hybridized carbons (Fsp3) is 0.190. The van der Waals surface area contributed by atoms with Crippen LogP contribution in [-0.2, 0) is 9.59 Å². The van der Waals surface area contributed by atoms with Crippen LogP contribution in [0.1, 0.15) is 18.4 Å². The molecule has 0 saturated carbocycles. The van der Waals surface area contributed by atoms with Crippen LogP contribution >= 0.6 is 15.9 Å². The van der Waals surface area contributed by atoms with Gasteiger partial charge in [-0.3, -0.25) is 9.59 Å². The molecule has 0 bridgehead atoms. The number of carbonyl (C=O) groups excluding carboxylic acids is 2. The van der Waals surface area contributed by atoms with Crippen molar-refractivity contribution in [1.29, 1.82) is 0 Å². The van der Waals surface area contributed by atoms with Crippen molar-refractivity contribution >= 4 is 39.6 Å². The molecule has 0 saturated heterocycles. The summed E-state index contributed by atoms with van der Waals surface area (Å²) in [4.78, 5) is 23.9. The maximum atomic E-state index is 12.0. The van der Waals surface area contributed by atoms with E-state index in [1.54, 1.807) is 43.5 Å². The first-order chi connectivity index (χ1) is 14.0. The summed E-state index contributed by atoms with van der Waals surface area (Å²) in [7, 11) is 1.57. The number of nitrogens with zero attached hydrogens (tertiary/aromatic N) is 1. The third-order valence-electron chi connectivity index (χ3n) is 3.63. The van der Waals surface area contributed by atoms with Gasteiger partial charge in [-0.1, -0.05) is 21.9 Å². The first-order valence-electron chi connectivity index (χ1n) is 8.63. The van der Waals surface area contributed by atoms with Crippen LogP contribution in [0.25, 0.3) is 0 Å². The van der Waals surface area contributed by atoms with Gasteiger partial charge in [-0.05, 0) is 42.5 Å². The van der Waals surface area contributed by atoms with Crippen LogP contribution in [0.15, 0.2) is 52.0 Å². The molecule has 0 spiro atoms. The van der Waals surface area contributed by atoms with Crippen molar-refractivity contribution in [2.75, 3.05) is 19.0 Å². The molecular formula is C21H20BrN3O4. The number of amides is 2. The molecule has 0 aliphatic rings. The van der Waals surface area contributed by atoms with E-state index in [0.29, 0.717) is 22.7 Å². The molecule has 2 rings (SSSR count). The Bertz CT molecular complexity index is 921. The van der Waals surface area contributed by atoms with Crippen molar-refractivity contribution in [1.82, 2.24) is 5.43 Å². The normalized spacial score (nSPS) is 10.2. The van der Waals surface area contributed by atoms with E-state index in [1.807, 2.05) is 6.07 Å². The minimum absolute atomic E-state index is 0.00172. The summed E-state index contributed by atoms with van der Waals surface area (Å²) in [6.45, 7) is 0.123. The van der Waals surface area contributed by atoms with E-state index < -0.39 is 0 Å². The van der Waals surface area contributed by atoms with Crippen LogP contribution in [-0.4, -0.2) is 31.7 Å². The lowest BCUT2D eigenvalue weighted by Crippen LogP contribution is -2.20. The molecule has 0 heterocycles. The van der Waals surface area contributed by atoms with Gasteiger partial charge >= 0.3 is 0 Å². The van der Waals surface area contributed by atoms with Crippen LogP contribution in [0.4, 0.5) is 5.69 Å². The summed E-state index contributed by atoms with van der Waals surface area (Å²) in [6.07, 6.45) is 6.68. The second kappa shape index (κ2) is 11.5. The maximum Gasteiger partial charge on any atom is 0.240 e. The predicted molar refractivity (Wildman–Crippen MR) is 115 cm³/mol. The molecule has 2 N–H and O–H groups in total. The summed E-state index contributed by atoms with van der Waals surface area (Å²) in [5.41, 5.74) is 3.66. The quantitative estimate of drug-likeness (QED) is 0.343. The lowest BCUT2D eigenvalue weighted by molar-refractivity contribution is -0.124. The summed E-state index contributed by atoms with van der Waals surface area (Å²) < 4.78 is 11.3. The van der Waals surface area contributed by atoms with Gasteiger partial charge in [0.05, 0.1) is 13.3 Å². The zero-order chi connectivity index (χ0) is 21.1. The number of carbonyl (C=O) groups is 2. The van der Waals surface area contributed by atoms with Gasteiger partial charge in [-0.15, -0.1) is 6.42 Å². The number of rotatable bonds is 9. The van der Waals surface area contributed by atoms with E-state index in [1.165, 1.54) is 6.21 Å². The standard InChI is InChI=1S/C21H20BrN3O4/c1-3-12-29-19-9-4-16(22)13-15(19)14-23-25-21(27)11-10-20(26)24-17-5-7-18(28-2)8-6-17/h1,4-9,13-14H,10-12H2,2H3,(H,24,26)(H,25,27). The first kappa shape index (κ1) is 22.0. The van der Waals surface area contributed by atoms with Crippen molar-refractivity contribution in [3.05, 3.63) is 52.5 Å². The number of terminal acetylenes is 1. The van der Waals surface area contributed by atoms with E-state index >= 15 is 0 Å². The number of anilines is 1. The molecule has 2 amide bonds. The zero-order valence-electron chi connectivity index (χ0n) is 15.8. The maximum absolute atomic E-state index is 12.0.